The predicted octanol–water partition coefficient (Wildman–Crippen LogP) is 0.917. The number of benzene rings is 1. The van der Waals surface area contributed by atoms with E-state index in [-0.39, 0.29) is 48.7 Å². The van der Waals surface area contributed by atoms with Crippen LogP contribution in [0.4, 0.5) is 5.69 Å². The van der Waals surface area contributed by atoms with Crippen molar-refractivity contribution in [3.63, 3.8) is 0 Å². The molecule has 0 spiro atoms. The molecule has 0 aromatic heterocycles. The average Bonchev–Trinajstić information content (AvgIpc) is 3.00. The third kappa shape index (κ3) is 5.75. The lowest BCUT2D eigenvalue weighted by molar-refractivity contribution is -0.118. The summed E-state index contributed by atoms with van der Waals surface area (Å²) in [7, 11) is -0.425. The van der Waals surface area contributed by atoms with Crippen molar-refractivity contribution in [1.82, 2.24) is 9.62 Å². The van der Waals surface area contributed by atoms with Crippen molar-refractivity contribution in [3.05, 3.63) is 29.8 Å². The van der Waals surface area contributed by atoms with E-state index < -0.39 is 10.0 Å². The summed E-state index contributed by atoms with van der Waals surface area (Å²) in [6.07, 6.45) is 0. The maximum absolute atomic E-state index is 12.6. The molecule has 0 unspecified atom stereocenters. The summed E-state index contributed by atoms with van der Waals surface area (Å²) in [5.41, 5.74) is 0.924. The van der Waals surface area contributed by atoms with Crippen molar-refractivity contribution in [2.24, 2.45) is 11.8 Å². The van der Waals surface area contributed by atoms with E-state index in [2.05, 4.69) is 10.6 Å². The van der Waals surface area contributed by atoms with Gasteiger partial charge in [-0.1, -0.05) is 19.9 Å². The van der Waals surface area contributed by atoms with Gasteiger partial charge in [-0.15, -0.1) is 0 Å². The summed E-state index contributed by atoms with van der Waals surface area (Å²) in [4.78, 5) is 24.4. The predicted molar refractivity (Wildman–Crippen MR) is 103 cm³/mol. The highest BCUT2D eigenvalue weighted by atomic mass is 32.2. The van der Waals surface area contributed by atoms with Crippen LogP contribution in [0.2, 0.25) is 0 Å². The number of rotatable bonds is 7. The summed E-state index contributed by atoms with van der Waals surface area (Å²) in [5.74, 6) is -1.04. The van der Waals surface area contributed by atoms with Gasteiger partial charge < -0.3 is 15.4 Å². The molecule has 0 radical (unpaired) electrons. The minimum Gasteiger partial charge on any atom is -0.379 e. The first-order valence-electron chi connectivity index (χ1n) is 8.80. The van der Waals surface area contributed by atoms with Gasteiger partial charge in [0, 0.05) is 37.2 Å². The molecule has 0 aliphatic carbocycles. The Morgan fingerprint density at radius 3 is 2.59 bits per heavy atom. The van der Waals surface area contributed by atoms with Crippen molar-refractivity contribution in [2.45, 2.75) is 19.9 Å². The average molecular weight is 397 g/mol. The number of ether oxygens (including phenoxy) is 1. The maximum Gasteiger partial charge on any atom is 0.251 e. The normalized spacial score (nSPS) is 20.1. The molecule has 1 heterocycles. The molecular formula is C18H27N3O5S. The summed E-state index contributed by atoms with van der Waals surface area (Å²) >= 11 is 0. The molecule has 2 atom stereocenters. The Morgan fingerprint density at radius 1 is 1.26 bits per heavy atom. The van der Waals surface area contributed by atoms with Crippen LogP contribution < -0.4 is 10.6 Å². The fraction of sp³-hybridized carbons (Fsp3) is 0.556. The molecule has 1 aliphatic rings. The molecule has 2 rings (SSSR count). The molecule has 0 bridgehead atoms. The van der Waals surface area contributed by atoms with Gasteiger partial charge in [0.05, 0.1) is 25.0 Å². The quantitative estimate of drug-likeness (QED) is 0.712. The Morgan fingerprint density at radius 2 is 1.96 bits per heavy atom. The zero-order valence-corrected chi connectivity index (χ0v) is 16.9. The van der Waals surface area contributed by atoms with Gasteiger partial charge in [0.1, 0.15) is 0 Å². The number of sulfonamides is 1. The van der Waals surface area contributed by atoms with Crippen LogP contribution in [-0.2, 0) is 19.6 Å². The molecule has 9 heteroatoms. The molecule has 1 fully saturated rings. The Kier molecular flexibility index (Phi) is 6.96. The van der Waals surface area contributed by atoms with Gasteiger partial charge in [0.25, 0.3) is 5.91 Å². The zero-order valence-electron chi connectivity index (χ0n) is 16.1. The number of carbonyl (C=O) groups is 2. The number of nitrogens with one attached hydrogen (secondary N) is 2. The zero-order chi connectivity index (χ0) is 20.2. The molecular weight excluding hydrogens is 370 g/mol. The molecule has 1 aliphatic heterocycles. The van der Waals surface area contributed by atoms with E-state index in [4.69, 9.17) is 4.74 Å². The van der Waals surface area contributed by atoms with Crippen molar-refractivity contribution in [1.29, 1.82) is 0 Å². The number of anilines is 1. The minimum absolute atomic E-state index is 0.0879. The Hall–Kier alpha value is -1.97. The van der Waals surface area contributed by atoms with Crippen LogP contribution >= 0.6 is 0 Å². The van der Waals surface area contributed by atoms with Crippen LogP contribution in [0.15, 0.2) is 24.3 Å². The van der Waals surface area contributed by atoms with Crippen molar-refractivity contribution in [2.75, 3.05) is 38.4 Å². The third-order valence-electron chi connectivity index (χ3n) is 4.41. The second kappa shape index (κ2) is 8.81. The Bertz CT molecular complexity index is 792. The second-order valence-electron chi connectivity index (χ2n) is 7.16. The van der Waals surface area contributed by atoms with Crippen LogP contribution in [0, 0.1) is 11.8 Å². The van der Waals surface area contributed by atoms with E-state index in [1.807, 2.05) is 0 Å². The first kappa shape index (κ1) is 21.3. The molecule has 27 heavy (non-hydrogen) atoms. The Labute approximate surface area is 160 Å². The fourth-order valence-electron chi connectivity index (χ4n) is 2.62. The summed E-state index contributed by atoms with van der Waals surface area (Å²) in [5, 5.41) is 5.60. The number of hydrogen-bond donors (Lipinski definition) is 2. The van der Waals surface area contributed by atoms with Gasteiger partial charge in [-0.2, -0.15) is 0 Å². The molecule has 0 saturated carbocycles. The maximum atomic E-state index is 12.6. The van der Waals surface area contributed by atoms with Gasteiger partial charge in [0.15, 0.2) is 0 Å². The van der Waals surface area contributed by atoms with Crippen LogP contribution in [0.5, 0.6) is 0 Å². The molecule has 150 valence electrons. The highest BCUT2D eigenvalue weighted by Crippen LogP contribution is 2.18. The third-order valence-corrected chi connectivity index (χ3v) is 6.37. The molecule has 1 saturated heterocycles. The molecule has 1 aromatic rings. The van der Waals surface area contributed by atoms with E-state index in [1.54, 1.807) is 38.1 Å². The van der Waals surface area contributed by atoms with Gasteiger partial charge in [-0.3, -0.25) is 9.59 Å². The van der Waals surface area contributed by atoms with Crippen LogP contribution in [0.1, 0.15) is 24.2 Å². The van der Waals surface area contributed by atoms with E-state index >= 15 is 0 Å². The largest absolute Gasteiger partial charge is 0.379 e. The lowest BCUT2D eigenvalue weighted by Gasteiger charge is -2.21. The fourth-order valence-corrected chi connectivity index (χ4v) is 3.79. The number of carbonyl (C=O) groups excluding carboxylic acids is 2. The monoisotopic (exact) mass is 397 g/mol. The number of amides is 2. The standard InChI is InChI=1S/C18H27N3O5S/c1-12(2)17(22)19-15-7-5-6-13(8-15)18(23)20-16-10-26-9-14(16)11-27(24,25)21(3)4/h5-8,12,14,16H,9-11H2,1-4H3,(H,19,22)(H,20,23)/t14-,16-/m0/s1. The lowest BCUT2D eigenvalue weighted by atomic mass is 10.1. The molecule has 2 amide bonds. The first-order valence-corrected chi connectivity index (χ1v) is 10.4. The summed E-state index contributed by atoms with van der Waals surface area (Å²) in [6.45, 7) is 4.12. The van der Waals surface area contributed by atoms with Crippen molar-refractivity contribution >= 4 is 27.5 Å². The Balaban J connectivity index is 2.05. The van der Waals surface area contributed by atoms with E-state index in [0.29, 0.717) is 11.3 Å². The van der Waals surface area contributed by atoms with Crippen molar-refractivity contribution in [3.8, 4) is 0 Å². The second-order valence-corrected chi connectivity index (χ2v) is 9.39. The molecule has 1 aromatic carbocycles. The summed E-state index contributed by atoms with van der Waals surface area (Å²) in [6, 6.07) is 6.24. The molecule has 8 nitrogen and oxygen atoms in total. The highest BCUT2D eigenvalue weighted by Gasteiger charge is 2.34. The highest BCUT2D eigenvalue weighted by molar-refractivity contribution is 7.89. The van der Waals surface area contributed by atoms with E-state index in [9.17, 15) is 18.0 Å². The first-order chi connectivity index (χ1) is 12.6. The summed E-state index contributed by atoms with van der Waals surface area (Å²) < 4.78 is 30.8. The molecule has 2 N–H and O–H groups in total. The topological polar surface area (TPSA) is 105 Å². The number of hydrogen-bond acceptors (Lipinski definition) is 5. The van der Waals surface area contributed by atoms with Crippen LogP contribution in [0.25, 0.3) is 0 Å². The van der Waals surface area contributed by atoms with Gasteiger partial charge in [-0.25, -0.2) is 12.7 Å². The minimum atomic E-state index is -3.39. The van der Waals surface area contributed by atoms with Crippen LogP contribution in [0.3, 0.4) is 0 Å². The van der Waals surface area contributed by atoms with Gasteiger partial charge in [0.2, 0.25) is 15.9 Å². The van der Waals surface area contributed by atoms with E-state index in [0.717, 1.165) is 0 Å². The lowest BCUT2D eigenvalue weighted by Crippen LogP contribution is -2.43. The van der Waals surface area contributed by atoms with Crippen LogP contribution in [-0.4, -0.2) is 63.6 Å². The van der Waals surface area contributed by atoms with Crippen molar-refractivity contribution < 1.29 is 22.7 Å². The smallest absolute Gasteiger partial charge is 0.251 e. The van der Waals surface area contributed by atoms with Gasteiger partial charge in [-0.05, 0) is 18.2 Å². The SMILES string of the molecule is CC(C)C(=O)Nc1cccc(C(=O)N[C@H]2COC[C@H]2CS(=O)(=O)N(C)C)c1. The van der Waals surface area contributed by atoms with Gasteiger partial charge >= 0.3 is 0 Å². The number of nitrogens with zero attached hydrogens (tertiary/aromatic N) is 1. The van der Waals surface area contributed by atoms with E-state index in [1.165, 1.54) is 18.4 Å².